The van der Waals surface area contributed by atoms with E-state index in [9.17, 15) is 0 Å². The first-order valence-electron chi connectivity index (χ1n) is 7.01. The van der Waals surface area contributed by atoms with Crippen molar-refractivity contribution in [2.75, 3.05) is 5.32 Å². The molecule has 110 valence electrons. The minimum absolute atomic E-state index is 0.176. The van der Waals surface area contributed by atoms with Gasteiger partial charge in [-0.05, 0) is 26.8 Å². The van der Waals surface area contributed by atoms with Crippen molar-refractivity contribution < 1.29 is 0 Å². The van der Waals surface area contributed by atoms with Gasteiger partial charge in [-0.25, -0.2) is 4.98 Å². The Morgan fingerprint density at radius 2 is 1.90 bits per heavy atom. The van der Waals surface area contributed by atoms with E-state index in [0.29, 0.717) is 0 Å². The lowest BCUT2D eigenvalue weighted by Crippen LogP contribution is -2.07. The third kappa shape index (κ3) is 2.37. The standard InChI is InChI=1S/C15H20N6/c1-9(14-8-20(4)18-11(14)3)17-12-6-13-10(2)19-21(5)15(13)16-7-12/h6-9,17H,1-5H3. The average molecular weight is 284 g/mol. The zero-order chi connectivity index (χ0) is 15.1. The van der Waals surface area contributed by atoms with E-state index in [1.165, 1.54) is 5.56 Å². The number of fused-ring (bicyclic) bond motifs is 1. The maximum absolute atomic E-state index is 4.49. The van der Waals surface area contributed by atoms with E-state index < -0.39 is 0 Å². The Morgan fingerprint density at radius 3 is 2.57 bits per heavy atom. The second-order valence-electron chi connectivity index (χ2n) is 5.51. The van der Waals surface area contributed by atoms with Crippen LogP contribution in [0.2, 0.25) is 0 Å². The Bertz CT molecular complexity index is 798. The van der Waals surface area contributed by atoms with E-state index in [0.717, 1.165) is 28.1 Å². The summed E-state index contributed by atoms with van der Waals surface area (Å²) < 4.78 is 3.65. The molecule has 3 aromatic rings. The van der Waals surface area contributed by atoms with Crippen LogP contribution < -0.4 is 5.32 Å². The van der Waals surface area contributed by atoms with Gasteiger partial charge < -0.3 is 5.32 Å². The van der Waals surface area contributed by atoms with Crippen molar-refractivity contribution in [1.29, 1.82) is 0 Å². The number of hydrogen-bond acceptors (Lipinski definition) is 4. The normalized spacial score (nSPS) is 12.8. The molecule has 0 saturated heterocycles. The van der Waals surface area contributed by atoms with Gasteiger partial charge in [0.2, 0.25) is 0 Å². The molecular formula is C15H20N6. The highest BCUT2D eigenvalue weighted by molar-refractivity contribution is 5.81. The summed E-state index contributed by atoms with van der Waals surface area (Å²) in [6.45, 7) is 6.16. The highest BCUT2D eigenvalue weighted by atomic mass is 15.3. The minimum atomic E-state index is 0.176. The number of rotatable bonds is 3. The monoisotopic (exact) mass is 284 g/mol. The van der Waals surface area contributed by atoms with Gasteiger partial charge in [-0.3, -0.25) is 9.36 Å². The van der Waals surface area contributed by atoms with Crippen molar-refractivity contribution in [1.82, 2.24) is 24.5 Å². The van der Waals surface area contributed by atoms with Crippen molar-refractivity contribution in [2.45, 2.75) is 26.8 Å². The second-order valence-corrected chi connectivity index (χ2v) is 5.51. The molecule has 6 heteroatoms. The van der Waals surface area contributed by atoms with Crippen LogP contribution >= 0.6 is 0 Å². The van der Waals surface area contributed by atoms with Gasteiger partial charge in [-0.1, -0.05) is 0 Å². The summed E-state index contributed by atoms with van der Waals surface area (Å²) >= 11 is 0. The number of anilines is 1. The van der Waals surface area contributed by atoms with Crippen LogP contribution in [0.1, 0.15) is 29.9 Å². The van der Waals surface area contributed by atoms with Crippen LogP contribution in [0.5, 0.6) is 0 Å². The first kappa shape index (κ1) is 13.6. The van der Waals surface area contributed by atoms with Gasteiger partial charge in [-0.2, -0.15) is 10.2 Å². The molecule has 0 radical (unpaired) electrons. The van der Waals surface area contributed by atoms with Crippen LogP contribution in [0.15, 0.2) is 18.5 Å². The highest BCUT2D eigenvalue weighted by Gasteiger charge is 2.13. The maximum atomic E-state index is 4.49. The average Bonchev–Trinajstić information content (AvgIpc) is 2.90. The summed E-state index contributed by atoms with van der Waals surface area (Å²) in [4.78, 5) is 4.49. The lowest BCUT2D eigenvalue weighted by atomic mass is 10.1. The molecule has 0 aliphatic heterocycles. The van der Waals surface area contributed by atoms with Gasteiger partial charge >= 0.3 is 0 Å². The number of pyridine rings is 1. The molecule has 1 atom stereocenters. The highest BCUT2D eigenvalue weighted by Crippen LogP contribution is 2.24. The predicted octanol–water partition coefficient (Wildman–Crippen LogP) is 2.49. The Hall–Kier alpha value is -2.37. The Kier molecular flexibility index (Phi) is 3.16. The molecule has 0 aromatic carbocycles. The summed E-state index contributed by atoms with van der Waals surface area (Å²) in [6.07, 6.45) is 3.90. The van der Waals surface area contributed by atoms with Crippen LogP contribution in [-0.4, -0.2) is 24.5 Å². The summed E-state index contributed by atoms with van der Waals surface area (Å²) in [5.41, 5.74) is 5.14. The molecule has 21 heavy (non-hydrogen) atoms. The van der Waals surface area contributed by atoms with Crippen molar-refractivity contribution in [3.8, 4) is 0 Å². The van der Waals surface area contributed by atoms with Gasteiger partial charge in [0.15, 0.2) is 5.65 Å². The van der Waals surface area contributed by atoms with Gasteiger partial charge in [0.05, 0.1) is 29.3 Å². The minimum Gasteiger partial charge on any atom is -0.377 e. The molecular weight excluding hydrogens is 264 g/mol. The van der Waals surface area contributed by atoms with E-state index in [-0.39, 0.29) is 6.04 Å². The Morgan fingerprint density at radius 1 is 1.14 bits per heavy atom. The van der Waals surface area contributed by atoms with Gasteiger partial charge in [0.1, 0.15) is 0 Å². The van der Waals surface area contributed by atoms with Crippen molar-refractivity contribution in [2.24, 2.45) is 14.1 Å². The lowest BCUT2D eigenvalue weighted by Gasteiger charge is -2.14. The molecule has 3 rings (SSSR count). The van der Waals surface area contributed by atoms with E-state index in [4.69, 9.17) is 0 Å². The molecule has 0 saturated carbocycles. The molecule has 0 amide bonds. The fourth-order valence-electron chi connectivity index (χ4n) is 2.76. The van der Waals surface area contributed by atoms with Gasteiger partial charge in [0, 0.05) is 31.2 Å². The molecule has 6 nitrogen and oxygen atoms in total. The number of aryl methyl sites for hydroxylation is 4. The first-order chi connectivity index (χ1) is 9.95. The van der Waals surface area contributed by atoms with Crippen LogP contribution in [0.25, 0.3) is 11.0 Å². The maximum Gasteiger partial charge on any atom is 0.157 e. The summed E-state index contributed by atoms with van der Waals surface area (Å²) in [7, 11) is 3.85. The molecule has 1 unspecified atom stereocenters. The molecule has 3 heterocycles. The topological polar surface area (TPSA) is 60.6 Å². The largest absolute Gasteiger partial charge is 0.377 e. The quantitative estimate of drug-likeness (QED) is 0.802. The molecule has 1 N–H and O–H groups in total. The van der Waals surface area contributed by atoms with E-state index in [2.05, 4.69) is 33.5 Å². The Labute approximate surface area is 123 Å². The third-order valence-corrected chi connectivity index (χ3v) is 3.76. The van der Waals surface area contributed by atoms with E-state index >= 15 is 0 Å². The molecule has 0 fully saturated rings. The van der Waals surface area contributed by atoms with Crippen LogP contribution in [0, 0.1) is 13.8 Å². The zero-order valence-corrected chi connectivity index (χ0v) is 13.0. The zero-order valence-electron chi connectivity index (χ0n) is 13.0. The lowest BCUT2D eigenvalue weighted by molar-refractivity contribution is 0.756. The molecule has 3 aromatic heterocycles. The summed E-state index contributed by atoms with van der Waals surface area (Å²) in [6, 6.07) is 2.28. The molecule has 0 aliphatic carbocycles. The summed E-state index contributed by atoms with van der Waals surface area (Å²) in [5.74, 6) is 0. The molecule has 0 spiro atoms. The number of nitrogens with zero attached hydrogens (tertiary/aromatic N) is 5. The van der Waals surface area contributed by atoms with E-state index in [1.54, 1.807) is 0 Å². The SMILES string of the molecule is Cc1nn(C)cc1C(C)Nc1cnc2c(c1)c(C)nn2C. The van der Waals surface area contributed by atoms with Crippen LogP contribution in [0.3, 0.4) is 0 Å². The number of hydrogen-bond donors (Lipinski definition) is 1. The first-order valence-corrected chi connectivity index (χ1v) is 7.01. The number of aromatic nitrogens is 5. The van der Waals surface area contributed by atoms with Gasteiger partial charge in [-0.15, -0.1) is 0 Å². The fourth-order valence-corrected chi connectivity index (χ4v) is 2.76. The third-order valence-electron chi connectivity index (χ3n) is 3.76. The van der Waals surface area contributed by atoms with Gasteiger partial charge in [0.25, 0.3) is 0 Å². The fraction of sp³-hybridized carbons (Fsp3) is 0.400. The van der Waals surface area contributed by atoms with Crippen LogP contribution in [-0.2, 0) is 14.1 Å². The predicted molar refractivity (Wildman–Crippen MR) is 83.2 cm³/mol. The smallest absolute Gasteiger partial charge is 0.157 e. The molecule has 0 aliphatic rings. The van der Waals surface area contributed by atoms with E-state index in [1.807, 2.05) is 49.7 Å². The summed E-state index contributed by atoms with van der Waals surface area (Å²) in [5, 5.41) is 13.4. The van der Waals surface area contributed by atoms with Crippen molar-refractivity contribution in [3.05, 3.63) is 35.4 Å². The van der Waals surface area contributed by atoms with Crippen molar-refractivity contribution >= 4 is 16.7 Å². The number of nitrogens with one attached hydrogen (secondary N) is 1. The van der Waals surface area contributed by atoms with Crippen LogP contribution in [0.4, 0.5) is 5.69 Å². The molecule has 0 bridgehead atoms. The second kappa shape index (κ2) is 4.87. The Balaban J connectivity index is 1.91. The van der Waals surface area contributed by atoms with Crippen molar-refractivity contribution in [3.63, 3.8) is 0 Å².